The highest BCUT2D eigenvalue weighted by atomic mass is 16.6. The predicted octanol–water partition coefficient (Wildman–Crippen LogP) is 4.19. The second-order valence-electron chi connectivity index (χ2n) is 29.1. The number of unbranched alkanes of at least 4 members (excludes halogenated alkanes) is 1. The van der Waals surface area contributed by atoms with E-state index in [9.17, 15) is 33.9 Å². The number of carbonyl (C=O) groups is 11. The van der Waals surface area contributed by atoms with Crippen molar-refractivity contribution in [1.82, 2.24) is 70.3 Å². The fourth-order valence-electron chi connectivity index (χ4n) is 12.3. The first kappa shape index (κ1) is 87.9. The van der Waals surface area contributed by atoms with E-state index in [1.807, 2.05) is 47.6 Å². The zero-order valence-electron chi connectivity index (χ0n) is 64.8. The molecule has 0 unspecified atom stereocenters. The summed E-state index contributed by atoms with van der Waals surface area (Å²) in [7, 11) is 9.76. The van der Waals surface area contributed by atoms with Crippen LogP contribution in [-0.2, 0) is 68.9 Å². The van der Waals surface area contributed by atoms with Gasteiger partial charge in [0.2, 0.25) is 65.0 Å². The maximum atomic E-state index is 15.3. The molecule has 3 rings (SSSR count). The smallest absolute Gasteiger partial charge is 0.246 e. The minimum atomic E-state index is -1.65. The summed E-state index contributed by atoms with van der Waals surface area (Å²) in [5, 5.41) is 31.5. The third-order valence-electron chi connectivity index (χ3n) is 18.5. The van der Waals surface area contributed by atoms with Gasteiger partial charge in [0.15, 0.2) is 5.82 Å². The molecule has 0 aromatic carbocycles. The Hall–Kier alpha value is -8.34. The Morgan fingerprint density at radius 2 is 1.16 bits per heavy atom. The van der Waals surface area contributed by atoms with Crippen LogP contribution in [0, 0.1) is 35.5 Å². The second-order valence-corrected chi connectivity index (χ2v) is 29.1. The Bertz CT molecular complexity index is 3140. The number of ether oxygens (including phenoxy) is 1. The van der Waals surface area contributed by atoms with Crippen LogP contribution in [0.5, 0.6) is 0 Å². The molecule has 0 saturated carbocycles. The van der Waals surface area contributed by atoms with E-state index in [1.165, 1.54) is 82.8 Å². The Morgan fingerprint density at radius 3 is 1.69 bits per heavy atom. The second kappa shape index (κ2) is 41.7. The zero-order valence-corrected chi connectivity index (χ0v) is 64.8. The van der Waals surface area contributed by atoms with Crippen LogP contribution in [-0.4, -0.2) is 260 Å². The van der Waals surface area contributed by atoms with Crippen molar-refractivity contribution in [1.29, 1.82) is 0 Å². The summed E-state index contributed by atoms with van der Waals surface area (Å²) in [4.78, 5) is 181. The predicted molar refractivity (Wildman–Crippen MR) is 388 cm³/mol. The van der Waals surface area contributed by atoms with Crippen molar-refractivity contribution in [2.45, 2.75) is 235 Å². The Balaban J connectivity index is 2.22. The first-order valence-corrected chi connectivity index (χ1v) is 35.8. The SMILES string of the molecule is CC=CC[C@@H](C)[C@@H](O)[C@H]1C(=O)N[C@@H](CC)C(=O)N(C)CC(=O)N(C)[C@@H]([C@@H](C)OCCCC=NOCc2ccc(-n3cccn3)nc2)C(=O)N[C@@H](C(C)C)C(=O)N(C)[C@@H](CC(C)C)C(=O)N[C@@H](C)C(=O)N[C@H](C)C(=O)N(C)[C@@H](CC(C)C)C(=O)N(C)[C@@H](CC(C)C)C(=O)N(C)[C@@H](C(C)C)C(=O)N1C. The highest BCUT2D eigenvalue weighted by molar-refractivity contribution is 5.99. The number of nitrogens with one attached hydrogen (secondary N) is 4. The molecule has 29 nitrogen and oxygen atoms in total. The van der Waals surface area contributed by atoms with E-state index in [-0.39, 0.29) is 63.1 Å². The number of rotatable bonds is 23. The van der Waals surface area contributed by atoms with E-state index in [2.05, 4.69) is 36.5 Å². The van der Waals surface area contributed by atoms with Crippen LogP contribution in [0.25, 0.3) is 5.82 Å². The van der Waals surface area contributed by atoms with Gasteiger partial charge in [-0.25, -0.2) is 9.67 Å². The van der Waals surface area contributed by atoms with Crippen molar-refractivity contribution >= 4 is 71.2 Å². The van der Waals surface area contributed by atoms with Crippen LogP contribution >= 0.6 is 0 Å². The minimum absolute atomic E-state index is 0.0257. The third kappa shape index (κ3) is 25.0. The van der Waals surface area contributed by atoms with E-state index < -0.39 is 162 Å². The van der Waals surface area contributed by atoms with Crippen LogP contribution in [0.15, 0.2) is 54.1 Å². The molecular formula is C73H121N15O14. The summed E-state index contributed by atoms with van der Waals surface area (Å²) >= 11 is 0. The zero-order chi connectivity index (χ0) is 77.3. The summed E-state index contributed by atoms with van der Waals surface area (Å²) in [6.07, 6.45) is 9.03. The Kier molecular flexibility index (Phi) is 35.9. The van der Waals surface area contributed by atoms with Crippen molar-refractivity contribution in [3.63, 3.8) is 0 Å². The minimum Gasteiger partial charge on any atom is -0.391 e. The molecule has 0 aliphatic carbocycles. The van der Waals surface area contributed by atoms with E-state index in [1.54, 1.807) is 109 Å². The third-order valence-corrected chi connectivity index (χ3v) is 18.5. The lowest BCUT2D eigenvalue weighted by atomic mass is 9.91. The lowest BCUT2D eigenvalue weighted by molar-refractivity contribution is -0.157. The van der Waals surface area contributed by atoms with E-state index in [4.69, 9.17) is 9.57 Å². The molecule has 1 aliphatic heterocycles. The number of hydrogen-bond donors (Lipinski definition) is 5. The number of pyridine rings is 1. The first-order valence-electron chi connectivity index (χ1n) is 35.8. The number of amides is 11. The average molecular weight is 1430 g/mol. The molecule has 11 amide bonds. The summed E-state index contributed by atoms with van der Waals surface area (Å²) in [6.45, 7) is 27.1. The van der Waals surface area contributed by atoms with Gasteiger partial charge in [-0.1, -0.05) is 106 Å². The summed E-state index contributed by atoms with van der Waals surface area (Å²) in [5.74, 6) is -9.75. The van der Waals surface area contributed by atoms with E-state index in [0.29, 0.717) is 18.7 Å². The number of aliphatic hydroxyl groups is 1. The van der Waals surface area contributed by atoms with Gasteiger partial charge in [0.1, 0.15) is 67.0 Å². The molecule has 1 saturated heterocycles. The maximum Gasteiger partial charge on any atom is 0.246 e. The number of aromatic nitrogens is 3. The van der Waals surface area contributed by atoms with Gasteiger partial charge in [0, 0.05) is 86.3 Å². The Morgan fingerprint density at radius 1 is 0.608 bits per heavy atom. The normalized spacial score (nSPS) is 24.7. The lowest BCUT2D eigenvalue weighted by Gasteiger charge is -2.41. The van der Waals surface area contributed by atoms with Crippen molar-refractivity contribution < 1.29 is 67.4 Å². The highest BCUT2D eigenvalue weighted by Gasteiger charge is 2.46. The van der Waals surface area contributed by atoms with Gasteiger partial charge < -0.3 is 70.2 Å². The van der Waals surface area contributed by atoms with Gasteiger partial charge in [-0.3, -0.25) is 52.7 Å². The van der Waals surface area contributed by atoms with Crippen molar-refractivity contribution in [3.8, 4) is 5.82 Å². The van der Waals surface area contributed by atoms with Crippen molar-refractivity contribution in [2.24, 2.45) is 40.7 Å². The Labute approximate surface area is 605 Å². The molecular weight excluding hydrogens is 1310 g/mol. The molecule has 13 atom stereocenters. The fraction of sp³-hybridized carbons (Fsp3) is 0.699. The van der Waals surface area contributed by atoms with Gasteiger partial charge >= 0.3 is 0 Å². The molecule has 2 aromatic heterocycles. The molecule has 5 N–H and O–H groups in total. The molecule has 2 aromatic rings. The highest BCUT2D eigenvalue weighted by Crippen LogP contribution is 2.26. The van der Waals surface area contributed by atoms with Crippen LogP contribution in [0.3, 0.4) is 0 Å². The topological polar surface area (TPSA) is 340 Å². The van der Waals surface area contributed by atoms with Gasteiger partial charge in [-0.05, 0) is 120 Å². The molecule has 0 spiro atoms. The number of hydrogen-bond acceptors (Lipinski definition) is 17. The first-order chi connectivity index (χ1) is 47.7. The number of oxime groups is 1. The molecule has 1 fully saturated rings. The monoisotopic (exact) mass is 1430 g/mol. The van der Waals surface area contributed by atoms with E-state index in [0.717, 1.165) is 20.3 Å². The van der Waals surface area contributed by atoms with Crippen LogP contribution in [0.1, 0.15) is 161 Å². The number of aliphatic hydroxyl groups excluding tert-OH is 1. The number of allylic oxidation sites excluding steroid dienone is 2. The maximum absolute atomic E-state index is 15.3. The standard InChI is InChI=1S/C73H121N15O14/c1-24-26-30-48(13)63(90)62-67(94)79-53(25-2)69(96)81(17)41-58(89)85(21)61(51(16)101-36-28-27-34-76-102-42-52-31-32-57(74-40-52)88-35-29-33-75-88)66(93)80-59(46(9)10)72(99)82(18)54(37-43(3)4)65(92)77-49(14)64(91)78-50(15)68(95)83(19)55(38-44(5)6)70(97)84(20)56(39-45(7)8)71(98)86(22)60(47(11)12)73(100)87(62)23/h24,26,29,31-35,40,43-51,53-56,59-63,90H,25,27-28,30,36-39,41-42H2,1-23H3,(H,77,92)(H,78,91)(H,79,94)(H,80,93)/t48-,49+,50-,51-,53+,54+,55+,56+,59+,60+,61+,62+,63-/m1/s1. The van der Waals surface area contributed by atoms with Gasteiger partial charge in [0.25, 0.3) is 0 Å². The fourth-order valence-corrected chi connectivity index (χ4v) is 12.3. The average Bonchev–Trinajstić information content (AvgIpc) is 0.809. The lowest BCUT2D eigenvalue weighted by Crippen LogP contribution is -2.63. The van der Waals surface area contributed by atoms with Crippen molar-refractivity contribution in [2.75, 3.05) is 62.5 Å². The van der Waals surface area contributed by atoms with E-state index >= 15 is 24.0 Å². The number of likely N-dealkylation sites (N-methyl/N-ethyl adjacent to an activating group) is 7. The molecule has 1 aliphatic rings. The summed E-state index contributed by atoms with van der Waals surface area (Å²) in [5.41, 5.74) is 0.774. The van der Waals surface area contributed by atoms with Crippen LogP contribution < -0.4 is 21.3 Å². The molecule has 29 heteroatoms. The summed E-state index contributed by atoms with van der Waals surface area (Å²) < 4.78 is 7.90. The molecule has 0 radical (unpaired) electrons. The van der Waals surface area contributed by atoms with Gasteiger partial charge in [0.05, 0.1) is 18.8 Å². The largest absolute Gasteiger partial charge is 0.391 e. The van der Waals surface area contributed by atoms with Crippen LogP contribution in [0.2, 0.25) is 0 Å². The van der Waals surface area contributed by atoms with Gasteiger partial charge in [-0.2, -0.15) is 5.10 Å². The molecule has 3 heterocycles. The molecule has 0 bridgehead atoms. The molecule has 102 heavy (non-hydrogen) atoms. The number of nitrogens with zero attached hydrogens (tertiary/aromatic N) is 11. The van der Waals surface area contributed by atoms with Crippen LogP contribution in [0.4, 0.5) is 0 Å². The van der Waals surface area contributed by atoms with Gasteiger partial charge in [-0.15, -0.1) is 0 Å². The summed E-state index contributed by atoms with van der Waals surface area (Å²) in [6, 6.07) is -7.67. The quantitative estimate of drug-likeness (QED) is 0.0451. The molecule has 572 valence electrons. The number of carbonyl (C=O) groups excluding carboxylic acids is 11. The van der Waals surface area contributed by atoms with Crippen molar-refractivity contribution in [3.05, 3.63) is 54.5 Å².